The molecular formula is C10H13N5O2. The van der Waals surface area contributed by atoms with E-state index in [1.807, 2.05) is 13.8 Å². The van der Waals surface area contributed by atoms with E-state index in [1.54, 1.807) is 11.6 Å². The van der Waals surface area contributed by atoms with Gasteiger partial charge in [0.15, 0.2) is 11.2 Å². The second-order valence-electron chi connectivity index (χ2n) is 3.40. The van der Waals surface area contributed by atoms with E-state index in [0.717, 1.165) is 0 Å². The molecule has 0 saturated heterocycles. The van der Waals surface area contributed by atoms with E-state index in [2.05, 4.69) is 15.3 Å². The first-order valence-corrected chi connectivity index (χ1v) is 5.38. The first-order chi connectivity index (χ1) is 8.16. The van der Waals surface area contributed by atoms with Crippen LogP contribution in [0.5, 0.6) is 0 Å². The molecule has 17 heavy (non-hydrogen) atoms. The quantitative estimate of drug-likeness (QED) is 0.702. The minimum absolute atomic E-state index is 0.0215. The Balaban J connectivity index is 0.000000514. The van der Waals surface area contributed by atoms with E-state index in [9.17, 15) is 9.59 Å². The van der Waals surface area contributed by atoms with Gasteiger partial charge in [0.05, 0.1) is 6.33 Å². The maximum atomic E-state index is 11.8. The van der Waals surface area contributed by atoms with Crippen LogP contribution in [0.3, 0.4) is 0 Å². The number of carbonyl (C=O) groups is 1. The zero-order chi connectivity index (χ0) is 12.6. The number of nitrogens with one attached hydrogen (secondary N) is 1. The Morgan fingerprint density at radius 3 is 2.76 bits per heavy atom. The largest absolute Gasteiger partial charge is 0.318 e. The Morgan fingerprint density at radius 1 is 1.35 bits per heavy atom. The lowest BCUT2D eigenvalue weighted by Gasteiger charge is -1.99. The van der Waals surface area contributed by atoms with Gasteiger partial charge in [0.2, 0.25) is 11.9 Å². The predicted octanol–water partition coefficient (Wildman–Crippen LogP) is 0.108. The van der Waals surface area contributed by atoms with Crippen LogP contribution >= 0.6 is 0 Å². The van der Waals surface area contributed by atoms with E-state index >= 15 is 0 Å². The highest BCUT2D eigenvalue weighted by molar-refractivity contribution is 5.93. The maximum absolute atomic E-state index is 11.8. The highest BCUT2D eigenvalue weighted by atomic mass is 16.2. The molecule has 0 atom stereocenters. The fraction of sp³-hybridized carbons (Fsp3) is 0.400. The predicted molar refractivity (Wildman–Crippen MR) is 62.7 cm³/mol. The lowest BCUT2D eigenvalue weighted by Crippen LogP contribution is -2.19. The van der Waals surface area contributed by atoms with Gasteiger partial charge in [0.25, 0.3) is 5.56 Å². The van der Waals surface area contributed by atoms with Gasteiger partial charge in [-0.3, -0.25) is 19.5 Å². The number of rotatable bonds is 0. The number of nitrogens with zero attached hydrogens (tertiary/aromatic N) is 4. The molecule has 2 aromatic rings. The van der Waals surface area contributed by atoms with Crippen LogP contribution in [0.2, 0.25) is 0 Å². The van der Waals surface area contributed by atoms with Gasteiger partial charge < -0.3 is 4.57 Å². The van der Waals surface area contributed by atoms with Crippen molar-refractivity contribution in [1.29, 1.82) is 0 Å². The van der Waals surface area contributed by atoms with Crippen LogP contribution in [0.25, 0.3) is 11.2 Å². The second kappa shape index (κ2) is 4.00. The molecule has 0 radical (unpaired) electrons. The fourth-order valence-electron chi connectivity index (χ4n) is 1.64. The van der Waals surface area contributed by atoms with Gasteiger partial charge in [0, 0.05) is 7.05 Å². The molecule has 0 aliphatic carbocycles. The van der Waals surface area contributed by atoms with E-state index in [4.69, 9.17) is 0 Å². The summed E-state index contributed by atoms with van der Waals surface area (Å²) < 4.78 is 2.93. The van der Waals surface area contributed by atoms with Gasteiger partial charge in [-0.15, -0.1) is 0 Å². The molecule has 1 N–H and O–H groups in total. The molecule has 1 aliphatic rings. The van der Waals surface area contributed by atoms with Gasteiger partial charge in [-0.05, 0) is 0 Å². The molecule has 90 valence electrons. The molecule has 0 aromatic carbocycles. The van der Waals surface area contributed by atoms with Crippen LogP contribution in [0.15, 0.2) is 11.1 Å². The van der Waals surface area contributed by atoms with E-state index in [1.165, 1.54) is 10.9 Å². The van der Waals surface area contributed by atoms with Crippen molar-refractivity contribution >= 4 is 23.0 Å². The average Bonchev–Trinajstić information content (AvgIpc) is 2.87. The molecule has 7 nitrogen and oxygen atoms in total. The van der Waals surface area contributed by atoms with Crippen LogP contribution in [-0.2, 0) is 18.4 Å². The van der Waals surface area contributed by atoms with E-state index < -0.39 is 0 Å². The molecule has 0 fully saturated rings. The number of anilines is 1. The van der Waals surface area contributed by atoms with Crippen LogP contribution < -0.4 is 10.9 Å². The van der Waals surface area contributed by atoms with Crippen molar-refractivity contribution in [3.8, 4) is 0 Å². The minimum Gasteiger partial charge on any atom is -0.318 e. The zero-order valence-corrected chi connectivity index (χ0v) is 9.89. The average molecular weight is 235 g/mol. The molecule has 3 heterocycles. The Labute approximate surface area is 97.1 Å². The molecule has 3 rings (SSSR count). The summed E-state index contributed by atoms with van der Waals surface area (Å²) >= 11 is 0. The van der Waals surface area contributed by atoms with Crippen LogP contribution in [-0.4, -0.2) is 25.0 Å². The second-order valence-corrected chi connectivity index (χ2v) is 3.40. The Hall–Kier alpha value is -2.18. The Bertz CT molecular complexity index is 640. The molecule has 2 aromatic heterocycles. The van der Waals surface area contributed by atoms with E-state index in [-0.39, 0.29) is 23.5 Å². The summed E-state index contributed by atoms with van der Waals surface area (Å²) in [5.41, 5.74) is 0.486. The van der Waals surface area contributed by atoms with Gasteiger partial charge in [-0.25, -0.2) is 4.98 Å². The van der Waals surface area contributed by atoms with Crippen molar-refractivity contribution in [3.63, 3.8) is 0 Å². The summed E-state index contributed by atoms with van der Waals surface area (Å²) in [6, 6.07) is 0. The standard InChI is InChI=1S/C8H7N5O2.C2H6/c1-12-3-9-5-6(12)11-8-10-4(14)2-13(8)7(5)15;1-2/h3H,2H2,1H3,(H,10,11,14);1-2H3. The number of amides is 1. The molecule has 0 unspecified atom stereocenters. The summed E-state index contributed by atoms with van der Waals surface area (Å²) in [5, 5.41) is 2.52. The molecule has 0 bridgehead atoms. The van der Waals surface area contributed by atoms with Crippen LogP contribution in [0.4, 0.5) is 5.95 Å². The number of hydrogen-bond donors (Lipinski definition) is 1. The number of hydrogen-bond acceptors (Lipinski definition) is 4. The lowest BCUT2D eigenvalue weighted by molar-refractivity contribution is -0.115. The maximum Gasteiger partial charge on any atom is 0.283 e. The van der Waals surface area contributed by atoms with Crippen molar-refractivity contribution in [1.82, 2.24) is 19.1 Å². The number of fused-ring (bicyclic) bond motifs is 2. The van der Waals surface area contributed by atoms with Crippen molar-refractivity contribution in [2.75, 3.05) is 5.32 Å². The van der Waals surface area contributed by atoms with Crippen molar-refractivity contribution < 1.29 is 4.79 Å². The summed E-state index contributed by atoms with van der Waals surface area (Å²) in [6.07, 6.45) is 1.52. The molecular weight excluding hydrogens is 222 g/mol. The number of aromatic nitrogens is 4. The normalized spacial score (nSPS) is 13.0. The summed E-state index contributed by atoms with van der Waals surface area (Å²) in [6.45, 7) is 4.02. The molecule has 1 aliphatic heterocycles. The monoisotopic (exact) mass is 235 g/mol. The van der Waals surface area contributed by atoms with Gasteiger partial charge in [0.1, 0.15) is 6.54 Å². The summed E-state index contributed by atoms with van der Waals surface area (Å²) in [4.78, 5) is 31.0. The Kier molecular flexibility index (Phi) is 2.66. The van der Waals surface area contributed by atoms with E-state index in [0.29, 0.717) is 11.6 Å². The first-order valence-electron chi connectivity index (χ1n) is 5.38. The van der Waals surface area contributed by atoms with Crippen LogP contribution in [0, 0.1) is 0 Å². The third-order valence-electron chi connectivity index (χ3n) is 2.37. The van der Waals surface area contributed by atoms with Crippen molar-refractivity contribution in [2.45, 2.75) is 20.4 Å². The first kappa shape index (κ1) is 11.3. The molecule has 0 saturated carbocycles. The number of imidazole rings is 1. The number of carbonyl (C=O) groups excluding carboxylic acids is 1. The highest BCUT2D eigenvalue weighted by Gasteiger charge is 2.22. The minimum atomic E-state index is -0.283. The Morgan fingerprint density at radius 2 is 2.06 bits per heavy atom. The lowest BCUT2D eigenvalue weighted by atomic mass is 10.5. The molecule has 0 spiro atoms. The SMILES string of the molecule is CC.Cn1cnc2c(=O)n3c(nc21)NC(=O)C3. The van der Waals surface area contributed by atoms with Crippen LogP contribution in [0.1, 0.15) is 13.8 Å². The highest BCUT2D eigenvalue weighted by Crippen LogP contribution is 2.13. The van der Waals surface area contributed by atoms with Crippen molar-refractivity contribution in [3.05, 3.63) is 16.7 Å². The molecule has 7 heteroatoms. The third kappa shape index (κ3) is 1.59. The topological polar surface area (TPSA) is 81.8 Å². The van der Waals surface area contributed by atoms with Crippen molar-refractivity contribution in [2.24, 2.45) is 7.05 Å². The summed E-state index contributed by atoms with van der Waals surface area (Å²) in [5.74, 6) is 0.0657. The fourth-order valence-corrected chi connectivity index (χ4v) is 1.64. The zero-order valence-electron chi connectivity index (χ0n) is 9.89. The smallest absolute Gasteiger partial charge is 0.283 e. The molecule has 1 amide bonds. The van der Waals surface area contributed by atoms with Gasteiger partial charge >= 0.3 is 0 Å². The number of aryl methyl sites for hydroxylation is 1. The third-order valence-corrected chi connectivity index (χ3v) is 2.37. The van der Waals surface area contributed by atoms with Gasteiger partial charge in [-0.2, -0.15) is 4.98 Å². The summed E-state index contributed by atoms with van der Waals surface area (Å²) in [7, 11) is 1.75. The van der Waals surface area contributed by atoms with Gasteiger partial charge in [-0.1, -0.05) is 13.8 Å².